The zero-order valence-electron chi connectivity index (χ0n) is 16.5. The predicted molar refractivity (Wildman–Crippen MR) is 119 cm³/mol. The van der Waals surface area contributed by atoms with Gasteiger partial charge in [-0.15, -0.1) is 0 Å². The van der Waals surface area contributed by atoms with Crippen molar-refractivity contribution in [3.63, 3.8) is 0 Å². The van der Waals surface area contributed by atoms with E-state index in [0.29, 0.717) is 21.8 Å². The Labute approximate surface area is 182 Å². The van der Waals surface area contributed by atoms with Crippen molar-refractivity contribution in [1.82, 2.24) is 9.78 Å². The van der Waals surface area contributed by atoms with E-state index >= 15 is 0 Å². The molecule has 1 heterocycles. The van der Waals surface area contributed by atoms with Crippen molar-refractivity contribution in [2.75, 3.05) is 5.32 Å². The second-order valence-corrected chi connectivity index (χ2v) is 7.29. The molecule has 3 aromatic carbocycles. The summed E-state index contributed by atoms with van der Waals surface area (Å²) < 4.78 is 14.9. The second kappa shape index (κ2) is 8.53. The zero-order valence-corrected chi connectivity index (χ0v) is 17.2. The molecule has 0 radical (unpaired) electrons. The number of rotatable bonds is 4. The van der Waals surface area contributed by atoms with Crippen LogP contribution in [-0.4, -0.2) is 15.7 Å². The molecule has 5 nitrogen and oxygen atoms in total. The summed E-state index contributed by atoms with van der Waals surface area (Å²) in [6.07, 6.45) is 0. The molecule has 1 aromatic heterocycles. The molecule has 0 aliphatic rings. The van der Waals surface area contributed by atoms with Gasteiger partial charge in [0.15, 0.2) is 0 Å². The van der Waals surface area contributed by atoms with Crippen molar-refractivity contribution in [1.29, 1.82) is 0 Å². The summed E-state index contributed by atoms with van der Waals surface area (Å²) in [5, 5.41) is 7.71. The van der Waals surface area contributed by atoms with Crippen molar-refractivity contribution in [2.24, 2.45) is 0 Å². The van der Waals surface area contributed by atoms with Crippen LogP contribution in [0, 0.1) is 12.7 Å². The molecule has 0 spiro atoms. The molecule has 31 heavy (non-hydrogen) atoms. The molecule has 0 unspecified atom stereocenters. The lowest BCUT2D eigenvalue weighted by Gasteiger charge is -2.18. The van der Waals surface area contributed by atoms with Crippen LogP contribution in [0.3, 0.4) is 0 Å². The van der Waals surface area contributed by atoms with Gasteiger partial charge < -0.3 is 5.32 Å². The van der Waals surface area contributed by atoms with E-state index in [1.54, 1.807) is 61.5 Å². The van der Waals surface area contributed by atoms with Crippen LogP contribution in [-0.2, 0) is 0 Å². The van der Waals surface area contributed by atoms with Crippen molar-refractivity contribution in [3.8, 4) is 16.8 Å². The quantitative estimate of drug-likeness (QED) is 0.478. The predicted octanol–water partition coefficient (Wildman–Crippen LogP) is 5.25. The fraction of sp³-hybridized carbons (Fsp3) is 0.0417. The highest BCUT2D eigenvalue weighted by Gasteiger charge is 2.21. The van der Waals surface area contributed by atoms with Crippen LogP contribution in [0.1, 0.15) is 16.1 Å². The van der Waals surface area contributed by atoms with Gasteiger partial charge >= 0.3 is 0 Å². The van der Waals surface area contributed by atoms with Crippen LogP contribution in [0.2, 0.25) is 5.02 Å². The Balaban J connectivity index is 1.96. The number of amides is 1. The standard InChI is InChI=1S/C24H17ClFN3O2/c1-15-22(30)21(16-7-9-18(25)10-8-16)23(27-24(31)17-5-3-2-4-6-17)29(28-15)20-13-11-19(26)12-14-20/h2-14H,1H3,(H,27,31). The van der Waals surface area contributed by atoms with Gasteiger partial charge in [0.25, 0.3) is 5.91 Å². The lowest BCUT2D eigenvalue weighted by atomic mass is 10.0. The minimum Gasteiger partial charge on any atom is -0.306 e. The summed E-state index contributed by atoms with van der Waals surface area (Å²) in [4.78, 5) is 26.1. The molecule has 0 aliphatic heterocycles. The van der Waals surface area contributed by atoms with E-state index in [4.69, 9.17) is 11.6 Å². The number of aromatic nitrogens is 2. The Morgan fingerprint density at radius 1 is 0.968 bits per heavy atom. The number of anilines is 1. The second-order valence-electron chi connectivity index (χ2n) is 6.85. The third kappa shape index (κ3) is 4.25. The molecule has 0 fully saturated rings. The van der Waals surface area contributed by atoms with E-state index < -0.39 is 11.7 Å². The average molecular weight is 434 g/mol. The van der Waals surface area contributed by atoms with Crippen LogP contribution in [0.4, 0.5) is 10.2 Å². The van der Waals surface area contributed by atoms with E-state index in [9.17, 15) is 14.0 Å². The largest absolute Gasteiger partial charge is 0.306 e. The van der Waals surface area contributed by atoms with E-state index in [2.05, 4.69) is 10.4 Å². The maximum absolute atomic E-state index is 13.5. The summed E-state index contributed by atoms with van der Waals surface area (Å²) in [6.45, 7) is 1.59. The van der Waals surface area contributed by atoms with E-state index in [1.165, 1.54) is 28.9 Å². The monoisotopic (exact) mass is 433 g/mol. The Morgan fingerprint density at radius 3 is 2.26 bits per heavy atom. The lowest BCUT2D eigenvalue weighted by Crippen LogP contribution is -2.24. The highest BCUT2D eigenvalue weighted by Crippen LogP contribution is 2.28. The van der Waals surface area contributed by atoms with Gasteiger partial charge in [0.05, 0.1) is 11.3 Å². The van der Waals surface area contributed by atoms with Crippen LogP contribution in [0.5, 0.6) is 0 Å². The molecular formula is C24H17ClFN3O2. The van der Waals surface area contributed by atoms with Gasteiger partial charge in [0.1, 0.15) is 17.3 Å². The van der Waals surface area contributed by atoms with E-state index in [1.807, 2.05) is 0 Å². The highest BCUT2D eigenvalue weighted by molar-refractivity contribution is 6.30. The highest BCUT2D eigenvalue weighted by atomic mass is 35.5. The van der Waals surface area contributed by atoms with Crippen LogP contribution < -0.4 is 10.7 Å². The van der Waals surface area contributed by atoms with Gasteiger partial charge in [0, 0.05) is 10.6 Å². The number of carbonyl (C=O) groups is 1. The van der Waals surface area contributed by atoms with Crippen LogP contribution in [0.25, 0.3) is 16.8 Å². The number of hydrogen-bond donors (Lipinski definition) is 1. The number of nitrogens with one attached hydrogen (secondary N) is 1. The first-order valence-electron chi connectivity index (χ1n) is 9.46. The van der Waals surface area contributed by atoms with Gasteiger partial charge in [-0.25, -0.2) is 9.07 Å². The molecule has 0 bridgehead atoms. The SMILES string of the molecule is Cc1nn(-c2ccc(F)cc2)c(NC(=O)c2ccccc2)c(-c2ccc(Cl)cc2)c1=O. The molecule has 0 saturated heterocycles. The smallest absolute Gasteiger partial charge is 0.256 e. The number of aryl methyl sites for hydroxylation is 1. The number of carbonyl (C=O) groups excluding carboxylic acids is 1. The summed E-state index contributed by atoms with van der Waals surface area (Å²) in [5.74, 6) is -0.635. The molecule has 0 aliphatic carbocycles. The number of benzene rings is 3. The lowest BCUT2D eigenvalue weighted by molar-refractivity contribution is 0.102. The van der Waals surface area contributed by atoms with Crippen LogP contribution in [0.15, 0.2) is 83.7 Å². The molecule has 4 rings (SSSR count). The van der Waals surface area contributed by atoms with Gasteiger partial charge in [-0.2, -0.15) is 5.10 Å². The first-order valence-corrected chi connectivity index (χ1v) is 9.84. The van der Waals surface area contributed by atoms with Crippen molar-refractivity contribution in [3.05, 3.63) is 111 Å². The molecule has 154 valence electrons. The van der Waals surface area contributed by atoms with Crippen molar-refractivity contribution in [2.45, 2.75) is 6.92 Å². The summed E-state index contributed by atoms with van der Waals surface area (Å²) in [5.41, 5.74) is 1.64. The Hall–Kier alpha value is -3.77. The average Bonchev–Trinajstić information content (AvgIpc) is 2.78. The minimum absolute atomic E-state index is 0.179. The van der Waals surface area contributed by atoms with Crippen molar-refractivity contribution >= 4 is 23.3 Å². The molecule has 1 amide bonds. The molecule has 4 aromatic rings. The fourth-order valence-corrected chi connectivity index (χ4v) is 3.30. The number of hydrogen-bond acceptors (Lipinski definition) is 3. The molecule has 0 atom stereocenters. The zero-order chi connectivity index (χ0) is 22.0. The van der Waals surface area contributed by atoms with Gasteiger partial charge in [-0.05, 0) is 61.0 Å². The normalized spacial score (nSPS) is 10.7. The fourth-order valence-electron chi connectivity index (χ4n) is 3.18. The maximum Gasteiger partial charge on any atom is 0.256 e. The van der Waals surface area contributed by atoms with E-state index in [-0.39, 0.29) is 22.5 Å². The molecule has 7 heteroatoms. The third-order valence-corrected chi connectivity index (χ3v) is 4.98. The van der Waals surface area contributed by atoms with Gasteiger partial charge in [0.2, 0.25) is 5.43 Å². The maximum atomic E-state index is 13.5. The summed E-state index contributed by atoms with van der Waals surface area (Å²) >= 11 is 6.02. The summed E-state index contributed by atoms with van der Waals surface area (Å²) in [7, 11) is 0. The Bertz CT molecular complexity index is 1300. The van der Waals surface area contributed by atoms with Gasteiger partial charge in [-0.3, -0.25) is 9.59 Å². The van der Waals surface area contributed by atoms with E-state index in [0.717, 1.165) is 0 Å². The first kappa shape index (κ1) is 20.5. The number of nitrogens with zero attached hydrogens (tertiary/aromatic N) is 2. The Kier molecular flexibility index (Phi) is 5.64. The first-order chi connectivity index (χ1) is 14.9. The van der Waals surface area contributed by atoms with Crippen LogP contribution >= 0.6 is 11.6 Å². The number of halogens is 2. The molecule has 0 saturated carbocycles. The topological polar surface area (TPSA) is 64.0 Å². The summed E-state index contributed by atoms with van der Waals surface area (Å²) in [6, 6.07) is 21.0. The molecule has 1 N–H and O–H groups in total. The Morgan fingerprint density at radius 2 is 1.61 bits per heavy atom. The van der Waals surface area contributed by atoms with Crippen molar-refractivity contribution < 1.29 is 9.18 Å². The minimum atomic E-state index is -0.408. The van der Waals surface area contributed by atoms with Gasteiger partial charge in [-0.1, -0.05) is 41.9 Å². The molecular weight excluding hydrogens is 417 g/mol. The third-order valence-electron chi connectivity index (χ3n) is 4.73.